The van der Waals surface area contributed by atoms with Gasteiger partial charge in [0.05, 0.1) is 12.9 Å². The Morgan fingerprint density at radius 3 is 2.81 bits per heavy atom. The molecule has 3 heterocycles. The van der Waals surface area contributed by atoms with Gasteiger partial charge >= 0.3 is 5.97 Å². The number of imidazole rings is 1. The van der Waals surface area contributed by atoms with Crippen LogP contribution in [0.4, 0.5) is 5.82 Å². The van der Waals surface area contributed by atoms with Crippen molar-refractivity contribution in [3.63, 3.8) is 0 Å². The number of nitrogens with two attached hydrogens (primary N) is 2. The van der Waals surface area contributed by atoms with Crippen LogP contribution >= 0.6 is 0 Å². The average Bonchev–Trinajstić information content (AvgIpc) is 3.17. The molecule has 5 atom stereocenters. The smallest absolute Gasteiger partial charge is 0.323 e. The molecule has 1 aliphatic rings. The summed E-state index contributed by atoms with van der Waals surface area (Å²) in [5.41, 5.74) is 12.4. The number of anilines is 1. The molecule has 0 bridgehead atoms. The van der Waals surface area contributed by atoms with Crippen molar-refractivity contribution in [2.75, 3.05) is 12.3 Å². The lowest BCUT2D eigenvalue weighted by Gasteiger charge is -2.24. The van der Waals surface area contributed by atoms with E-state index in [0.29, 0.717) is 17.6 Å². The summed E-state index contributed by atoms with van der Waals surface area (Å²) >= 11 is 0. The fraction of sp³-hybridized carbons (Fsp3) is 0.625. The molecule has 1 unspecified atom stereocenters. The molecule has 0 amide bonds. The zero-order valence-electron chi connectivity index (χ0n) is 15.1. The van der Waals surface area contributed by atoms with Crippen molar-refractivity contribution in [2.45, 2.75) is 50.8 Å². The molecule has 148 valence electrons. The number of ether oxygens (including phenoxy) is 2. The summed E-state index contributed by atoms with van der Waals surface area (Å²) in [6, 6.07) is -0.830. The van der Waals surface area contributed by atoms with Gasteiger partial charge in [-0.3, -0.25) is 9.36 Å². The van der Waals surface area contributed by atoms with Gasteiger partial charge in [-0.25, -0.2) is 15.0 Å². The van der Waals surface area contributed by atoms with E-state index >= 15 is 0 Å². The lowest BCUT2D eigenvalue weighted by atomic mass is 10.0. The van der Waals surface area contributed by atoms with Crippen LogP contribution in [0.2, 0.25) is 0 Å². The van der Waals surface area contributed by atoms with Gasteiger partial charge in [-0.2, -0.15) is 0 Å². The summed E-state index contributed by atoms with van der Waals surface area (Å²) in [6.07, 6.45) is -1.12. The van der Waals surface area contributed by atoms with E-state index in [1.165, 1.54) is 17.2 Å². The third-order valence-corrected chi connectivity index (χ3v) is 4.43. The van der Waals surface area contributed by atoms with E-state index < -0.39 is 43.2 Å². The Morgan fingerprint density at radius 2 is 2.15 bits per heavy atom. The van der Waals surface area contributed by atoms with E-state index in [1.54, 1.807) is 0 Å². The van der Waals surface area contributed by atoms with E-state index in [-0.39, 0.29) is 11.7 Å². The number of hydrogen-bond acceptors (Lipinski definition) is 10. The molecule has 0 aromatic carbocycles. The number of esters is 1. The number of rotatable bonds is 6. The standard InChI is InChI=1S/C16H24N6O5/c1-7(2)3-8(17)16(25)27-12-11(24)9(4-23)26-15(12)22-6-21-10-13(18)19-5-20-14(10)22/h5-9,11-12,15,23-24H,3-4,17H2,1-2H3,(H2,18,19,20)/t8?,9-,11-,12+,15-/m0/s1. The van der Waals surface area contributed by atoms with Crippen LogP contribution in [0.15, 0.2) is 12.7 Å². The minimum Gasteiger partial charge on any atom is -0.453 e. The van der Waals surface area contributed by atoms with Crippen molar-refractivity contribution in [3.05, 3.63) is 12.7 Å². The van der Waals surface area contributed by atoms with E-state index in [4.69, 9.17) is 20.9 Å². The minimum absolute atomic E-state index is 0.184. The van der Waals surface area contributed by atoms with Crippen LogP contribution in [0.25, 0.3) is 11.2 Å². The molecule has 27 heavy (non-hydrogen) atoms. The summed E-state index contributed by atoms with van der Waals surface area (Å²) in [6.45, 7) is 3.42. The third-order valence-electron chi connectivity index (χ3n) is 4.43. The fourth-order valence-corrected chi connectivity index (χ4v) is 3.10. The summed E-state index contributed by atoms with van der Waals surface area (Å²) in [5.74, 6) is -0.266. The van der Waals surface area contributed by atoms with Gasteiger partial charge in [0.2, 0.25) is 0 Å². The fourth-order valence-electron chi connectivity index (χ4n) is 3.10. The molecule has 1 aliphatic heterocycles. The number of aliphatic hydroxyl groups excluding tert-OH is 2. The second kappa shape index (κ2) is 7.72. The van der Waals surface area contributed by atoms with Gasteiger partial charge in [-0.05, 0) is 12.3 Å². The summed E-state index contributed by atoms with van der Waals surface area (Å²) in [5, 5.41) is 19.9. The lowest BCUT2D eigenvalue weighted by Crippen LogP contribution is -2.42. The maximum Gasteiger partial charge on any atom is 0.323 e. The monoisotopic (exact) mass is 380 g/mol. The van der Waals surface area contributed by atoms with Gasteiger partial charge in [0.25, 0.3) is 0 Å². The van der Waals surface area contributed by atoms with Gasteiger partial charge in [-0.1, -0.05) is 13.8 Å². The number of fused-ring (bicyclic) bond motifs is 1. The number of nitrogens with zero attached hydrogens (tertiary/aromatic N) is 4. The maximum absolute atomic E-state index is 12.4. The first-order chi connectivity index (χ1) is 12.8. The summed E-state index contributed by atoms with van der Waals surface area (Å²) in [4.78, 5) is 24.5. The van der Waals surface area contributed by atoms with Gasteiger partial charge in [0.1, 0.15) is 30.1 Å². The third kappa shape index (κ3) is 3.72. The summed E-state index contributed by atoms with van der Waals surface area (Å²) in [7, 11) is 0. The van der Waals surface area contributed by atoms with Crippen LogP contribution in [0.5, 0.6) is 0 Å². The topological polar surface area (TPSA) is 172 Å². The van der Waals surface area contributed by atoms with Gasteiger partial charge in [0.15, 0.2) is 23.8 Å². The summed E-state index contributed by atoms with van der Waals surface area (Å²) < 4.78 is 12.6. The van der Waals surface area contributed by atoms with Crippen LogP contribution in [0, 0.1) is 5.92 Å². The highest BCUT2D eigenvalue weighted by molar-refractivity contribution is 5.81. The lowest BCUT2D eigenvalue weighted by molar-refractivity contribution is -0.160. The minimum atomic E-state index is -1.24. The van der Waals surface area contributed by atoms with Crippen molar-refractivity contribution in [3.8, 4) is 0 Å². The predicted molar refractivity (Wildman–Crippen MR) is 94.0 cm³/mol. The second-order valence-electron chi connectivity index (χ2n) is 6.96. The molecule has 11 heteroatoms. The van der Waals surface area contributed by atoms with E-state index in [0.717, 1.165) is 0 Å². The molecule has 0 saturated carbocycles. The molecule has 11 nitrogen and oxygen atoms in total. The zero-order chi connectivity index (χ0) is 19.7. The largest absolute Gasteiger partial charge is 0.453 e. The van der Waals surface area contributed by atoms with Crippen molar-refractivity contribution < 1.29 is 24.5 Å². The predicted octanol–water partition coefficient (Wildman–Crippen LogP) is -1.06. The molecule has 0 aliphatic carbocycles. The average molecular weight is 380 g/mol. The van der Waals surface area contributed by atoms with Crippen molar-refractivity contribution in [2.24, 2.45) is 11.7 Å². The maximum atomic E-state index is 12.4. The number of carbonyl (C=O) groups is 1. The zero-order valence-corrected chi connectivity index (χ0v) is 15.1. The molecule has 0 radical (unpaired) electrons. The number of nitrogen functional groups attached to an aromatic ring is 1. The van der Waals surface area contributed by atoms with Crippen LogP contribution in [-0.2, 0) is 14.3 Å². The first-order valence-corrected chi connectivity index (χ1v) is 8.67. The molecular weight excluding hydrogens is 356 g/mol. The number of aliphatic hydroxyl groups is 2. The van der Waals surface area contributed by atoms with E-state index in [1.807, 2.05) is 13.8 Å². The van der Waals surface area contributed by atoms with Gasteiger partial charge in [0, 0.05) is 0 Å². The molecule has 0 spiro atoms. The first kappa shape index (κ1) is 19.4. The molecular formula is C16H24N6O5. The molecule has 6 N–H and O–H groups in total. The number of carbonyl (C=O) groups excluding carboxylic acids is 1. The van der Waals surface area contributed by atoms with E-state index in [9.17, 15) is 15.0 Å². The van der Waals surface area contributed by atoms with Crippen LogP contribution in [-0.4, -0.2) is 66.7 Å². The molecule has 1 saturated heterocycles. The van der Waals surface area contributed by atoms with Gasteiger partial charge < -0.3 is 31.2 Å². The first-order valence-electron chi connectivity index (χ1n) is 8.67. The van der Waals surface area contributed by atoms with E-state index in [2.05, 4.69) is 15.0 Å². The SMILES string of the molecule is CC(C)CC(N)C(=O)O[C@@H]1[C@@H](O)[C@H](CO)O[C@@H]1n1cnc2c(N)ncnc21. The second-order valence-corrected chi connectivity index (χ2v) is 6.96. The Kier molecular flexibility index (Phi) is 5.56. The highest BCUT2D eigenvalue weighted by Gasteiger charge is 2.48. The Labute approximate surface area is 155 Å². The van der Waals surface area contributed by atoms with Crippen LogP contribution < -0.4 is 11.5 Å². The molecule has 3 rings (SSSR count). The molecule has 2 aromatic rings. The van der Waals surface area contributed by atoms with Crippen molar-refractivity contribution in [1.29, 1.82) is 0 Å². The quantitative estimate of drug-likeness (QED) is 0.453. The number of aromatic nitrogens is 4. The Hall–Kier alpha value is -2.34. The van der Waals surface area contributed by atoms with Gasteiger partial charge in [-0.15, -0.1) is 0 Å². The Bertz CT molecular complexity index is 812. The number of hydrogen-bond donors (Lipinski definition) is 4. The van der Waals surface area contributed by atoms with Crippen LogP contribution in [0.3, 0.4) is 0 Å². The Morgan fingerprint density at radius 1 is 1.41 bits per heavy atom. The highest BCUT2D eigenvalue weighted by atomic mass is 16.6. The normalized spacial score (nSPS) is 26.6. The highest BCUT2D eigenvalue weighted by Crippen LogP contribution is 2.34. The molecule has 1 fully saturated rings. The van der Waals surface area contributed by atoms with Crippen LogP contribution in [0.1, 0.15) is 26.5 Å². The van der Waals surface area contributed by atoms with Crippen molar-refractivity contribution in [1.82, 2.24) is 19.5 Å². The molecule has 2 aromatic heterocycles. The Balaban J connectivity index is 1.89. The van der Waals surface area contributed by atoms with Crippen molar-refractivity contribution >= 4 is 23.0 Å².